The molecular formula is C22H24N2O. The number of carbonyl (C=O) groups is 1. The number of aryl methyl sites for hydroxylation is 2. The average Bonchev–Trinajstić information content (AvgIpc) is 3.21. The van der Waals surface area contributed by atoms with Crippen molar-refractivity contribution in [2.75, 3.05) is 0 Å². The summed E-state index contributed by atoms with van der Waals surface area (Å²) in [7, 11) is 0. The van der Waals surface area contributed by atoms with Crippen LogP contribution >= 0.6 is 0 Å². The van der Waals surface area contributed by atoms with Gasteiger partial charge >= 0.3 is 0 Å². The van der Waals surface area contributed by atoms with E-state index in [0.717, 1.165) is 40.8 Å². The monoisotopic (exact) mass is 332 g/mol. The number of nitrogens with zero attached hydrogens (tertiary/aromatic N) is 1. The van der Waals surface area contributed by atoms with E-state index in [2.05, 4.69) is 42.8 Å². The topological polar surface area (TPSA) is 45.8 Å². The number of carbonyl (C=O) groups excluding carboxylic acids is 1. The van der Waals surface area contributed by atoms with Gasteiger partial charge in [0.1, 0.15) is 0 Å². The molecule has 0 amide bonds. The summed E-state index contributed by atoms with van der Waals surface area (Å²) >= 11 is 0. The van der Waals surface area contributed by atoms with Gasteiger partial charge in [-0.15, -0.1) is 0 Å². The first kappa shape index (κ1) is 17.2. The van der Waals surface area contributed by atoms with Crippen LogP contribution in [0.25, 0.3) is 12.2 Å². The highest BCUT2D eigenvalue weighted by Crippen LogP contribution is 2.30. The van der Waals surface area contributed by atoms with Crippen LogP contribution in [0.4, 0.5) is 0 Å². The van der Waals surface area contributed by atoms with Gasteiger partial charge in [0.25, 0.3) is 0 Å². The van der Waals surface area contributed by atoms with Crippen molar-refractivity contribution in [2.24, 2.45) is 0 Å². The van der Waals surface area contributed by atoms with Crippen molar-refractivity contribution in [3.63, 3.8) is 0 Å². The van der Waals surface area contributed by atoms with E-state index in [4.69, 9.17) is 0 Å². The van der Waals surface area contributed by atoms with Gasteiger partial charge in [0.15, 0.2) is 5.78 Å². The minimum absolute atomic E-state index is 0.106. The van der Waals surface area contributed by atoms with Crippen molar-refractivity contribution in [3.8, 4) is 0 Å². The maximum Gasteiger partial charge on any atom is 0.182 e. The Hall–Kier alpha value is -2.68. The molecule has 0 spiro atoms. The second-order valence-corrected chi connectivity index (χ2v) is 6.72. The van der Waals surface area contributed by atoms with Gasteiger partial charge in [0.2, 0.25) is 0 Å². The van der Waals surface area contributed by atoms with Crippen LogP contribution in [0, 0.1) is 6.92 Å². The van der Waals surface area contributed by atoms with E-state index in [1.165, 1.54) is 16.7 Å². The number of ketones is 1. The normalized spacial score (nSPS) is 13.6. The standard InChI is InChI=1S/C22H24N2O/c1-5-16-9-15(4)20-12-18(11-17(20)10-16)22(25)8-14(3)7-19-13-23-24-21(19)6-2/h5,8-11,13H,1,6-7,12H2,2-4H3,(H,23,24)/b14-8-. The zero-order chi connectivity index (χ0) is 18.0. The lowest BCUT2D eigenvalue weighted by Gasteiger charge is -2.06. The molecule has 1 aromatic carbocycles. The SMILES string of the molecule is C=Cc1cc(C)c2c(c1)C=C(C(=O)/C=C(/C)Cc1cn[nH]c1CC)C2. The van der Waals surface area contributed by atoms with Crippen LogP contribution in [0.1, 0.15) is 47.4 Å². The Bertz CT molecular complexity index is 897. The van der Waals surface area contributed by atoms with Gasteiger partial charge in [-0.1, -0.05) is 31.2 Å². The molecule has 1 aromatic heterocycles. The average molecular weight is 332 g/mol. The third-order valence-corrected chi connectivity index (χ3v) is 4.79. The number of hydrogen-bond donors (Lipinski definition) is 1. The zero-order valence-corrected chi connectivity index (χ0v) is 15.1. The van der Waals surface area contributed by atoms with Crippen molar-refractivity contribution in [1.82, 2.24) is 10.2 Å². The third kappa shape index (κ3) is 3.55. The van der Waals surface area contributed by atoms with Crippen molar-refractivity contribution < 1.29 is 4.79 Å². The number of allylic oxidation sites excluding steroid dienone is 3. The fourth-order valence-corrected chi connectivity index (χ4v) is 3.41. The van der Waals surface area contributed by atoms with Crippen LogP contribution in [0.2, 0.25) is 0 Å². The molecule has 0 saturated carbocycles. The number of aromatic nitrogens is 2. The van der Waals surface area contributed by atoms with E-state index < -0.39 is 0 Å². The predicted octanol–water partition coefficient (Wildman–Crippen LogP) is 4.62. The smallest absolute Gasteiger partial charge is 0.182 e. The molecule has 1 N–H and O–H groups in total. The summed E-state index contributed by atoms with van der Waals surface area (Å²) < 4.78 is 0. The van der Waals surface area contributed by atoms with Crippen LogP contribution in [0.15, 0.2) is 42.1 Å². The van der Waals surface area contributed by atoms with Crippen LogP contribution in [-0.4, -0.2) is 16.0 Å². The quantitative estimate of drug-likeness (QED) is 0.785. The molecule has 3 rings (SSSR count). The summed E-state index contributed by atoms with van der Waals surface area (Å²) in [5.41, 5.74) is 8.94. The molecule has 0 aliphatic heterocycles. The van der Waals surface area contributed by atoms with Gasteiger partial charge < -0.3 is 0 Å². The highest BCUT2D eigenvalue weighted by atomic mass is 16.1. The van der Waals surface area contributed by atoms with E-state index in [1.807, 2.05) is 25.3 Å². The number of aromatic amines is 1. The molecule has 3 heteroatoms. The van der Waals surface area contributed by atoms with Crippen molar-refractivity contribution in [3.05, 3.63) is 75.6 Å². The molecule has 1 heterocycles. The molecule has 0 saturated heterocycles. The third-order valence-electron chi connectivity index (χ3n) is 4.79. The summed E-state index contributed by atoms with van der Waals surface area (Å²) in [4.78, 5) is 12.7. The summed E-state index contributed by atoms with van der Waals surface area (Å²) in [5, 5.41) is 7.12. The molecule has 2 aromatic rings. The van der Waals surface area contributed by atoms with Gasteiger partial charge in [0, 0.05) is 17.7 Å². The number of nitrogens with one attached hydrogen (secondary N) is 1. The van der Waals surface area contributed by atoms with Crippen LogP contribution in [-0.2, 0) is 24.1 Å². The maximum atomic E-state index is 12.7. The molecule has 0 atom stereocenters. The fraction of sp³-hybridized carbons (Fsp3) is 0.273. The highest BCUT2D eigenvalue weighted by Gasteiger charge is 2.19. The van der Waals surface area contributed by atoms with Gasteiger partial charge in [-0.3, -0.25) is 9.89 Å². The zero-order valence-electron chi connectivity index (χ0n) is 15.1. The first-order valence-corrected chi connectivity index (χ1v) is 8.71. The van der Waals surface area contributed by atoms with Gasteiger partial charge in [-0.25, -0.2) is 0 Å². The molecule has 0 radical (unpaired) electrons. The largest absolute Gasteiger partial charge is 0.290 e. The molecular weight excluding hydrogens is 308 g/mol. The first-order chi connectivity index (χ1) is 12.0. The number of benzene rings is 1. The molecule has 128 valence electrons. The van der Waals surface area contributed by atoms with E-state index >= 15 is 0 Å². The fourth-order valence-electron chi connectivity index (χ4n) is 3.41. The van der Waals surface area contributed by atoms with E-state index in [1.54, 1.807) is 6.08 Å². The van der Waals surface area contributed by atoms with Crippen LogP contribution in [0.3, 0.4) is 0 Å². The van der Waals surface area contributed by atoms with E-state index in [9.17, 15) is 4.79 Å². The Morgan fingerprint density at radius 2 is 2.20 bits per heavy atom. The summed E-state index contributed by atoms with van der Waals surface area (Å²) in [6.07, 6.45) is 9.89. The second kappa shape index (κ2) is 7.06. The maximum absolute atomic E-state index is 12.7. The molecule has 1 aliphatic rings. The van der Waals surface area contributed by atoms with Gasteiger partial charge in [-0.2, -0.15) is 5.10 Å². The predicted molar refractivity (Wildman–Crippen MR) is 103 cm³/mol. The number of rotatable bonds is 6. The van der Waals surface area contributed by atoms with Gasteiger partial charge in [-0.05, 0) is 72.7 Å². The number of H-pyrrole nitrogens is 1. The lowest BCUT2D eigenvalue weighted by molar-refractivity contribution is -0.111. The Morgan fingerprint density at radius 1 is 1.40 bits per heavy atom. The Labute approximate surface area is 149 Å². The molecule has 25 heavy (non-hydrogen) atoms. The lowest BCUT2D eigenvalue weighted by Crippen LogP contribution is -2.01. The number of fused-ring (bicyclic) bond motifs is 1. The van der Waals surface area contributed by atoms with E-state index in [0.29, 0.717) is 6.42 Å². The molecule has 1 aliphatic carbocycles. The van der Waals surface area contributed by atoms with Crippen molar-refractivity contribution in [1.29, 1.82) is 0 Å². The van der Waals surface area contributed by atoms with Crippen LogP contribution < -0.4 is 0 Å². The molecule has 0 unspecified atom stereocenters. The Balaban J connectivity index is 1.77. The number of hydrogen-bond acceptors (Lipinski definition) is 2. The minimum Gasteiger partial charge on any atom is -0.290 e. The molecule has 0 fully saturated rings. The second-order valence-electron chi connectivity index (χ2n) is 6.72. The minimum atomic E-state index is 0.106. The molecule has 0 bridgehead atoms. The van der Waals surface area contributed by atoms with Crippen molar-refractivity contribution in [2.45, 2.75) is 40.0 Å². The van der Waals surface area contributed by atoms with Gasteiger partial charge in [0.05, 0.1) is 6.20 Å². The Kier molecular flexibility index (Phi) is 4.84. The Morgan fingerprint density at radius 3 is 2.92 bits per heavy atom. The van der Waals surface area contributed by atoms with E-state index in [-0.39, 0.29) is 5.78 Å². The summed E-state index contributed by atoms with van der Waals surface area (Å²) in [5.74, 6) is 0.106. The van der Waals surface area contributed by atoms with Crippen LogP contribution in [0.5, 0.6) is 0 Å². The highest BCUT2D eigenvalue weighted by molar-refractivity contribution is 6.09. The first-order valence-electron chi connectivity index (χ1n) is 8.71. The lowest BCUT2D eigenvalue weighted by atomic mass is 9.98. The van der Waals surface area contributed by atoms with Crippen molar-refractivity contribution >= 4 is 17.9 Å². The summed E-state index contributed by atoms with van der Waals surface area (Å²) in [6.45, 7) is 10.0. The summed E-state index contributed by atoms with van der Waals surface area (Å²) in [6, 6.07) is 4.23. The molecule has 3 nitrogen and oxygen atoms in total.